The molecule has 1 aromatic carbocycles. The van der Waals surface area contributed by atoms with Gasteiger partial charge in [-0.3, -0.25) is 4.79 Å². The summed E-state index contributed by atoms with van der Waals surface area (Å²) in [6.07, 6.45) is 27.2. The molecule has 0 atom stereocenters. The Balaban J connectivity index is 1.79. The van der Waals surface area contributed by atoms with Crippen molar-refractivity contribution < 1.29 is 9.53 Å². The molecule has 1 aliphatic carbocycles. The van der Waals surface area contributed by atoms with Gasteiger partial charge < -0.3 is 4.74 Å². The number of carbonyl (C=O) groups is 1. The number of hydrogen-bond donors (Lipinski definition) is 0. The lowest BCUT2D eigenvalue weighted by molar-refractivity contribution is -0.134. The molecule has 0 bridgehead atoms. The zero-order chi connectivity index (χ0) is 24.5. The third-order valence-electron chi connectivity index (χ3n) is 8.18. The number of hydrogen-bond acceptors (Lipinski definition) is 2. The van der Waals surface area contributed by atoms with Gasteiger partial charge in [-0.2, -0.15) is 0 Å². The lowest BCUT2D eigenvalue weighted by Crippen LogP contribution is -2.25. The Morgan fingerprint density at radius 2 is 1.41 bits per heavy atom. The Morgan fingerprint density at radius 3 is 2.06 bits per heavy atom. The zero-order valence-corrected chi connectivity index (χ0v) is 22.9. The fourth-order valence-corrected chi connectivity index (χ4v) is 5.85. The van der Waals surface area contributed by atoms with Crippen molar-refractivity contribution in [1.82, 2.24) is 0 Å². The third-order valence-corrected chi connectivity index (χ3v) is 8.18. The number of carbonyl (C=O) groups excluding carboxylic acids is 1. The van der Waals surface area contributed by atoms with E-state index in [0.29, 0.717) is 11.8 Å². The van der Waals surface area contributed by atoms with Crippen LogP contribution in [0.4, 0.5) is 0 Å². The van der Waals surface area contributed by atoms with Crippen LogP contribution in [0.1, 0.15) is 153 Å². The SMILES string of the molecule is CCCCCCCCCC1(CCc2ccc(OC(=O)CCCCCCC)cc2C)CCCCC1. The van der Waals surface area contributed by atoms with Crippen LogP contribution >= 0.6 is 0 Å². The van der Waals surface area contributed by atoms with E-state index >= 15 is 0 Å². The molecule has 1 aromatic rings. The summed E-state index contributed by atoms with van der Waals surface area (Å²) in [5.41, 5.74) is 3.27. The van der Waals surface area contributed by atoms with Crippen molar-refractivity contribution in [2.45, 2.75) is 156 Å². The summed E-state index contributed by atoms with van der Waals surface area (Å²) >= 11 is 0. The highest BCUT2D eigenvalue weighted by molar-refractivity contribution is 5.72. The van der Waals surface area contributed by atoms with Gasteiger partial charge >= 0.3 is 5.97 Å². The van der Waals surface area contributed by atoms with Crippen LogP contribution < -0.4 is 4.74 Å². The Hall–Kier alpha value is -1.31. The van der Waals surface area contributed by atoms with E-state index in [-0.39, 0.29) is 5.97 Å². The Kier molecular flexibility index (Phi) is 14.6. The quantitative estimate of drug-likeness (QED) is 0.121. The molecule has 0 heterocycles. The first-order valence-electron chi connectivity index (χ1n) is 14.9. The van der Waals surface area contributed by atoms with Crippen molar-refractivity contribution in [3.63, 3.8) is 0 Å². The number of esters is 1. The first-order valence-corrected chi connectivity index (χ1v) is 14.9. The Labute approximate surface area is 211 Å². The van der Waals surface area contributed by atoms with Crippen molar-refractivity contribution in [2.24, 2.45) is 5.41 Å². The number of unbranched alkanes of at least 4 members (excludes halogenated alkanes) is 10. The van der Waals surface area contributed by atoms with Gasteiger partial charge in [-0.25, -0.2) is 0 Å². The largest absolute Gasteiger partial charge is 0.427 e. The van der Waals surface area contributed by atoms with E-state index in [4.69, 9.17) is 4.74 Å². The van der Waals surface area contributed by atoms with Crippen LogP contribution in [0.2, 0.25) is 0 Å². The molecule has 194 valence electrons. The molecular formula is C32H54O2. The van der Waals surface area contributed by atoms with Gasteiger partial charge in [-0.15, -0.1) is 0 Å². The molecule has 2 heteroatoms. The molecular weight excluding hydrogens is 416 g/mol. The summed E-state index contributed by atoms with van der Waals surface area (Å²) < 4.78 is 5.63. The van der Waals surface area contributed by atoms with E-state index in [1.807, 2.05) is 6.07 Å². The first-order chi connectivity index (χ1) is 16.6. The molecule has 0 radical (unpaired) electrons. The molecule has 0 amide bonds. The van der Waals surface area contributed by atoms with Gasteiger partial charge in [-0.1, -0.05) is 110 Å². The summed E-state index contributed by atoms with van der Waals surface area (Å²) in [4.78, 5) is 12.2. The van der Waals surface area contributed by atoms with E-state index in [1.54, 1.807) is 0 Å². The van der Waals surface area contributed by atoms with Crippen LogP contribution in [-0.2, 0) is 11.2 Å². The van der Waals surface area contributed by atoms with Crippen LogP contribution in [0.3, 0.4) is 0 Å². The fourth-order valence-electron chi connectivity index (χ4n) is 5.85. The van der Waals surface area contributed by atoms with E-state index < -0.39 is 0 Å². The lowest BCUT2D eigenvalue weighted by atomic mass is 9.67. The zero-order valence-electron chi connectivity index (χ0n) is 22.9. The summed E-state index contributed by atoms with van der Waals surface area (Å²) in [5, 5.41) is 0. The predicted molar refractivity (Wildman–Crippen MR) is 147 cm³/mol. The van der Waals surface area contributed by atoms with Crippen LogP contribution in [0.15, 0.2) is 18.2 Å². The Bertz CT molecular complexity index is 672. The van der Waals surface area contributed by atoms with E-state index in [0.717, 1.165) is 25.0 Å². The number of ether oxygens (including phenoxy) is 1. The monoisotopic (exact) mass is 470 g/mol. The highest BCUT2D eigenvalue weighted by atomic mass is 16.5. The van der Waals surface area contributed by atoms with Crippen LogP contribution in [0.5, 0.6) is 5.75 Å². The van der Waals surface area contributed by atoms with Gasteiger partial charge in [0.25, 0.3) is 0 Å². The third kappa shape index (κ3) is 11.4. The normalized spacial score (nSPS) is 15.4. The molecule has 0 spiro atoms. The van der Waals surface area contributed by atoms with E-state index in [9.17, 15) is 4.79 Å². The minimum absolute atomic E-state index is 0.0838. The maximum absolute atomic E-state index is 12.2. The van der Waals surface area contributed by atoms with Crippen LogP contribution in [0.25, 0.3) is 0 Å². The molecule has 2 nitrogen and oxygen atoms in total. The van der Waals surface area contributed by atoms with Gasteiger partial charge in [0, 0.05) is 6.42 Å². The minimum Gasteiger partial charge on any atom is -0.427 e. The second-order valence-electron chi connectivity index (χ2n) is 11.2. The highest BCUT2D eigenvalue weighted by Crippen LogP contribution is 2.44. The highest BCUT2D eigenvalue weighted by Gasteiger charge is 2.31. The van der Waals surface area contributed by atoms with Gasteiger partial charge in [0.15, 0.2) is 0 Å². The summed E-state index contributed by atoms with van der Waals surface area (Å²) in [6, 6.07) is 6.30. The first kappa shape index (κ1) is 28.9. The standard InChI is InChI=1S/C32H54O2/c1-4-6-8-10-11-13-16-23-32(24-17-14-18-25-32)26-22-29-20-21-30(27-28(29)3)34-31(33)19-15-12-9-7-5-2/h20-21,27H,4-19,22-26H2,1-3H3. The van der Waals surface area contributed by atoms with Crippen molar-refractivity contribution in [3.05, 3.63) is 29.3 Å². The van der Waals surface area contributed by atoms with Crippen molar-refractivity contribution in [3.8, 4) is 5.75 Å². The Morgan fingerprint density at radius 1 is 0.794 bits per heavy atom. The fraction of sp³-hybridized carbons (Fsp3) is 0.781. The molecule has 2 rings (SSSR count). The van der Waals surface area contributed by atoms with Gasteiger partial charge in [0.05, 0.1) is 0 Å². The number of rotatable bonds is 18. The summed E-state index contributed by atoms with van der Waals surface area (Å²) in [7, 11) is 0. The molecule has 34 heavy (non-hydrogen) atoms. The molecule has 0 N–H and O–H groups in total. The van der Waals surface area contributed by atoms with Gasteiger partial charge in [0.2, 0.25) is 0 Å². The molecule has 1 saturated carbocycles. The maximum atomic E-state index is 12.2. The van der Waals surface area contributed by atoms with E-state index in [1.165, 1.54) is 120 Å². The number of benzene rings is 1. The molecule has 0 aliphatic heterocycles. The molecule has 0 unspecified atom stereocenters. The molecule has 0 aromatic heterocycles. The average Bonchev–Trinajstić information content (AvgIpc) is 2.83. The molecule has 1 fully saturated rings. The topological polar surface area (TPSA) is 26.3 Å². The lowest BCUT2D eigenvalue weighted by Gasteiger charge is -2.38. The molecule has 0 saturated heterocycles. The predicted octanol–water partition coefficient (Wildman–Crippen LogP) is 10.3. The van der Waals surface area contributed by atoms with Crippen molar-refractivity contribution >= 4 is 5.97 Å². The second kappa shape index (κ2) is 17.2. The van der Waals surface area contributed by atoms with Crippen LogP contribution in [0, 0.1) is 12.3 Å². The van der Waals surface area contributed by atoms with Crippen molar-refractivity contribution in [2.75, 3.05) is 0 Å². The number of aryl methyl sites for hydroxylation is 2. The minimum atomic E-state index is -0.0838. The van der Waals surface area contributed by atoms with Crippen molar-refractivity contribution in [1.29, 1.82) is 0 Å². The van der Waals surface area contributed by atoms with Crippen LogP contribution in [-0.4, -0.2) is 5.97 Å². The summed E-state index contributed by atoms with van der Waals surface area (Å²) in [6.45, 7) is 6.69. The smallest absolute Gasteiger partial charge is 0.311 e. The van der Waals surface area contributed by atoms with Gasteiger partial charge in [-0.05, 0) is 74.1 Å². The van der Waals surface area contributed by atoms with E-state index in [2.05, 4.69) is 32.9 Å². The second-order valence-corrected chi connectivity index (χ2v) is 11.2. The average molecular weight is 471 g/mol. The maximum Gasteiger partial charge on any atom is 0.311 e. The molecule has 1 aliphatic rings. The van der Waals surface area contributed by atoms with Gasteiger partial charge in [0.1, 0.15) is 5.75 Å². The summed E-state index contributed by atoms with van der Waals surface area (Å²) in [5.74, 6) is 0.634.